The first kappa shape index (κ1) is 17.9. The van der Waals surface area contributed by atoms with Crippen LogP contribution >= 0.6 is 34.7 Å². The van der Waals surface area contributed by atoms with E-state index in [0.29, 0.717) is 26.5 Å². The fraction of sp³-hybridized carbons (Fsp3) is 0.111. The third-order valence-electron chi connectivity index (χ3n) is 3.32. The molecular formula is C18H14ClFN2OS2. The van der Waals surface area contributed by atoms with Crippen LogP contribution < -0.4 is 4.90 Å². The van der Waals surface area contributed by atoms with Crippen molar-refractivity contribution in [2.45, 2.75) is 17.6 Å². The normalized spacial score (nSPS) is 10.7. The summed E-state index contributed by atoms with van der Waals surface area (Å²) < 4.78 is 13.7. The van der Waals surface area contributed by atoms with Gasteiger partial charge in [0.2, 0.25) is 5.91 Å². The van der Waals surface area contributed by atoms with Crippen molar-refractivity contribution < 1.29 is 9.18 Å². The Hall–Kier alpha value is -1.89. The molecule has 0 N–H and O–H groups in total. The number of carbonyl (C=O) groups excluding carboxylic acids is 1. The zero-order valence-electron chi connectivity index (χ0n) is 13.3. The van der Waals surface area contributed by atoms with E-state index >= 15 is 0 Å². The number of thiazole rings is 1. The van der Waals surface area contributed by atoms with Crippen molar-refractivity contribution in [3.63, 3.8) is 0 Å². The highest BCUT2D eigenvalue weighted by atomic mass is 35.5. The van der Waals surface area contributed by atoms with Gasteiger partial charge >= 0.3 is 0 Å². The van der Waals surface area contributed by atoms with Crippen LogP contribution in [0.25, 0.3) is 0 Å². The van der Waals surface area contributed by atoms with E-state index < -0.39 is 0 Å². The van der Waals surface area contributed by atoms with Crippen LogP contribution in [0.3, 0.4) is 0 Å². The zero-order valence-corrected chi connectivity index (χ0v) is 15.7. The van der Waals surface area contributed by atoms with E-state index in [0.717, 1.165) is 5.69 Å². The molecule has 25 heavy (non-hydrogen) atoms. The minimum absolute atomic E-state index is 0.148. The molecule has 0 fully saturated rings. The molecule has 0 saturated carbocycles. The van der Waals surface area contributed by atoms with E-state index in [4.69, 9.17) is 11.6 Å². The van der Waals surface area contributed by atoms with Gasteiger partial charge in [-0.2, -0.15) is 0 Å². The lowest BCUT2D eigenvalue weighted by atomic mass is 10.3. The van der Waals surface area contributed by atoms with Crippen LogP contribution in [-0.4, -0.2) is 10.9 Å². The van der Waals surface area contributed by atoms with Crippen LogP contribution in [0.4, 0.5) is 15.2 Å². The Morgan fingerprint density at radius 2 is 2.08 bits per heavy atom. The molecule has 0 unspecified atom stereocenters. The molecule has 1 aromatic heterocycles. The van der Waals surface area contributed by atoms with Crippen molar-refractivity contribution in [2.24, 2.45) is 0 Å². The Morgan fingerprint density at radius 1 is 1.28 bits per heavy atom. The van der Waals surface area contributed by atoms with Crippen LogP contribution in [0.15, 0.2) is 58.8 Å². The van der Waals surface area contributed by atoms with Gasteiger partial charge in [-0.25, -0.2) is 9.37 Å². The maximum atomic E-state index is 13.7. The van der Waals surface area contributed by atoms with Gasteiger partial charge in [0.05, 0.1) is 11.4 Å². The molecule has 0 aliphatic heterocycles. The summed E-state index contributed by atoms with van der Waals surface area (Å²) in [6.07, 6.45) is 0. The molecule has 2 aromatic carbocycles. The summed E-state index contributed by atoms with van der Waals surface area (Å²) in [4.78, 5) is 18.7. The standard InChI is InChI=1S/C18H14ClFN2OS2/c1-12(23)22(15-6-4-5-13(19)9-15)18-21-14(11-25-18)10-24-17-8-3-2-7-16(17)20/h2-9,11H,10H2,1H3. The molecule has 128 valence electrons. The van der Waals surface area contributed by atoms with Gasteiger partial charge in [0.1, 0.15) is 5.82 Å². The van der Waals surface area contributed by atoms with E-state index in [9.17, 15) is 9.18 Å². The first-order chi connectivity index (χ1) is 12.0. The van der Waals surface area contributed by atoms with Crippen LogP contribution in [0, 0.1) is 5.82 Å². The Morgan fingerprint density at radius 3 is 2.80 bits per heavy atom. The van der Waals surface area contributed by atoms with E-state index in [1.807, 2.05) is 11.4 Å². The van der Waals surface area contributed by atoms with Crippen molar-refractivity contribution in [1.29, 1.82) is 0 Å². The highest BCUT2D eigenvalue weighted by molar-refractivity contribution is 7.98. The summed E-state index contributed by atoms with van der Waals surface area (Å²) in [5.41, 5.74) is 1.46. The number of amides is 1. The summed E-state index contributed by atoms with van der Waals surface area (Å²) in [7, 11) is 0. The van der Waals surface area contributed by atoms with Crippen molar-refractivity contribution in [1.82, 2.24) is 4.98 Å². The number of rotatable bonds is 5. The summed E-state index contributed by atoms with van der Waals surface area (Å²) >= 11 is 8.77. The van der Waals surface area contributed by atoms with Crippen LogP contribution in [0.1, 0.15) is 12.6 Å². The number of benzene rings is 2. The molecule has 1 amide bonds. The fourth-order valence-corrected chi connectivity index (χ4v) is 4.23. The molecule has 0 aliphatic carbocycles. The number of anilines is 2. The molecule has 0 spiro atoms. The number of hydrogen-bond donors (Lipinski definition) is 0. The second kappa shape index (κ2) is 7.99. The highest BCUT2D eigenvalue weighted by Gasteiger charge is 2.18. The number of carbonyl (C=O) groups is 1. The number of nitrogens with zero attached hydrogens (tertiary/aromatic N) is 2. The molecule has 0 radical (unpaired) electrons. The quantitative estimate of drug-likeness (QED) is 0.506. The van der Waals surface area contributed by atoms with Crippen LogP contribution in [0.5, 0.6) is 0 Å². The average Bonchev–Trinajstić information content (AvgIpc) is 3.02. The van der Waals surface area contributed by atoms with Gasteiger partial charge < -0.3 is 0 Å². The summed E-state index contributed by atoms with van der Waals surface area (Å²) in [5, 5.41) is 3.00. The summed E-state index contributed by atoms with van der Waals surface area (Å²) in [5.74, 6) is 0.135. The van der Waals surface area contributed by atoms with Crippen molar-refractivity contribution >= 4 is 51.4 Å². The molecule has 0 aliphatic rings. The van der Waals surface area contributed by atoms with Crippen molar-refractivity contribution in [2.75, 3.05) is 4.90 Å². The Kier molecular flexibility index (Phi) is 5.73. The highest BCUT2D eigenvalue weighted by Crippen LogP contribution is 2.32. The molecule has 0 atom stereocenters. The minimum Gasteiger partial charge on any atom is -0.274 e. The topological polar surface area (TPSA) is 33.2 Å². The van der Waals surface area contributed by atoms with Gasteiger partial charge in [0.15, 0.2) is 5.13 Å². The third-order valence-corrected chi connectivity index (χ3v) is 5.52. The maximum Gasteiger partial charge on any atom is 0.230 e. The van der Waals surface area contributed by atoms with Gasteiger partial charge in [-0.1, -0.05) is 29.8 Å². The Labute approximate surface area is 158 Å². The second-order valence-corrected chi connectivity index (χ2v) is 7.46. The zero-order chi connectivity index (χ0) is 17.8. The second-order valence-electron chi connectivity index (χ2n) is 5.17. The first-order valence-corrected chi connectivity index (χ1v) is 9.67. The van der Waals surface area contributed by atoms with E-state index in [1.165, 1.54) is 41.0 Å². The van der Waals surface area contributed by atoms with E-state index in [2.05, 4.69) is 4.98 Å². The lowest BCUT2D eigenvalue weighted by Crippen LogP contribution is -2.22. The molecule has 3 rings (SSSR count). The van der Waals surface area contributed by atoms with Crippen molar-refractivity contribution in [3.05, 3.63) is 70.4 Å². The first-order valence-electron chi connectivity index (χ1n) is 7.42. The van der Waals surface area contributed by atoms with Crippen molar-refractivity contribution in [3.8, 4) is 0 Å². The van der Waals surface area contributed by atoms with Gasteiger partial charge in [-0.3, -0.25) is 9.69 Å². The molecule has 7 heteroatoms. The SMILES string of the molecule is CC(=O)N(c1cccc(Cl)c1)c1nc(CSc2ccccc2F)cs1. The molecule has 3 nitrogen and oxygen atoms in total. The predicted octanol–water partition coefficient (Wildman–Crippen LogP) is 5.91. The fourth-order valence-electron chi connectivity index (χ4n) is 2.22. The summed E-state index contributed by atoms with van der Waals surface area (Å²) in [6.45, 7) is 1.48. The number of halogens is 2. The summed E-state index contributed by atoms with van der Waals surface area (Å²) in [6, 6.07) is 13.7. The van der Waals surface area contributed by atoms with E-state index in [-0.39, 0.29) is 11.7 Å². The number of hydrogen-bond acceptors (Lipinski definition) is 4. The Balaban J connectivity index is 1.79. The number of thioether (sulfide) groups is 1. The van der Waals surface area contributed by atoms with Crippen LogP contribution in [-0.2, 0) is 10.5 Å². The largest absolute Gasteiger partial charge is 0.274 e. The predicted molar refractivity (Wildman–Crippen MR) is 102 cm³/mol. The van der Waals surface area contributed by atoms with E-state index in [1.54, 1.807) is 36.4 Å². The molecular weight excluding hydrogens is 379 g/mol. The molecule has 0 bridgehead atoms. The number of aromatic nitrogens is 1. The van der Waals surface area contributed by atoms with Gasteiger partial charge in [0, 0.05) is 28.0 Å². The van der Waals surface area contributed by atoms with Gasteiger partial charge in [-0.05, 0) is 30.3 Å². The smallest absolute Gasteiger partial charge is 0.230 e. The third kappa shape index (κ3) is 4.39. The lowest BCUT2D eigenvalue weighted by molar-refractivity contribution is -0.115. The average molecular weight is 393 g/mol. The van der Waals surface area contributed by atoms with Crippen LogP contribution in [0.2, 0.25) is 5.02 Å². The molecule has 3 aromatic rings. The lowest BCUT2D eigenvalue weighted by Gasteiger charge is -2.18. The minimum atomic E-state index is -0.243. The van der Waals surface area contributed by atoms with Gasteiger partial charge in [0.25, 0.3) is 0 Å². The van der Waals surface area contributed by atoms with Gasteiger partial charge in [-0.15, -0.1) is 23.1 Å². The molecule has 0 saturated heterocycles. The maximum absolute atomic E-state index is 13.7. The Bertz CT molecular complexity index is 900. The monoisotopic (exact) mass is 392 g/mol. The molecule has 1 heterocycles.